The van der Waals surface area contributed by atoms with Crippen molar-refractivity contribution in [3.63, 3.8) is 0 Å². The number of H-pyrrole nitrogens is 1. The van der Waals surface area contributed by atoms with Gasteiger partial charge < -0.3 is 4.90 Å². The molecule has 0 amide bonds. The molecule has 3 rings (SSSR count). The summed E-state index contributed by atoms with van der Waals surface area (Å²) < 4.78 is 0. The van der Waals surface area contributed by atoms with Crippen LogP contribution in [0.3, 0.4) is 0 Å². The molecule has 0 fully saturated rings. The van der Waals surface area contributed by atoms with Gasteiger partial charge in [-0.05, 0) is 31.4 Å². The second-order valence-electron chi connectivity index (χ2n) is 4.43. The normalized spacial score (nSPS) is 14.4. The number of anilines is 2. The summed E-state index contributed by atoms with van der Waals surface area (Å²) in [6.45, 7) is 2.73. The maximum Gasteiger partial charge on any atom is 0.363 e. The fraction of sp³-hybridized carbons (Fsp3) is 0.308. The highest BCUT2D eigenvalue weighted by atomic mass is 16.1. The number of nitrogens with one attached hydrogen (secondary N) is 1. The minimum Gasteiger partial charge on any atom is -0.324 e. The highest BCUT2D eigenvalue weighted by molar-refractivity contribution is 5.66. The molecule has 5 nitrogen and oxygen atoms in total. The van der Waals surface area contributed by atoms with Gasteiger partial charge in [0.05, 0.1) is 0 Å². The largest absolute Gasteiger partial charge is 0.363 e. The summed E-state index contributed by atoms with van der Waals surface area (Å²) in [6.07, 6.45) is 2.13. The molecule has 0 saturated carbocycles. The molecule has 0 aliphatic carbocycles. The highest BCUT2D eigenvalue weighted by Crippen LogP contribution is 2.32. The molecule has 18 heavy (non-hydrogen) atoms. The number of aromatic nitrogens is 3. The van der Waals surface area contributed by atoms with Crippen molar-refractivity contribution in [3.05, 3.63) is 46.0 Å². The predicted octanol–water partition coefficient (Wildman–Crippen LogP) is 1.56. The van der Waals surface area contributed by atoms with Gasteiger partial charge in [-0.25, -0.2) is 9.89 Å². The van der Waals surface area contributed by atoms with Crippen LogP contribution in [0.1, 0.15) is 17.7 Å². The fourth-order valence-corrected chi connectivity index (χ4v) is 2.39. The van der Waals surface area contributed by atoms with E-state index in [1.807, 2.05) is 19.1 Å². The Morgan fingerprint density at radius 1 is 1.33 bits per heavy atom. The fourth-order valence-electron chi connectivity index (χ4n) is 2.39. The van der Waals surface area contributed by atoms with Crippen LogP contribution in [0.25, 0.3) is 0 Å². The third-order valence-corrected chi connectivity index (χ3v) is 3.22. The van der Waals surface area contributed by atoms with Crippen LogP contribution in [0.4, 0.5) is 11.5 Å². The van der Waals surface area contributed by atoms with Gasteiger partial charge in [-0.3, -0.25) is 0 Å². The van der Waals surface area contributed by atoms with E-state index in [0.29, 0.717) is 5.82 Å². The van der Waals surface area contributed by atoms with Gasteiger partial charge in [0.15, 0.2) is 5.82 Å². The monoisotopic (exact) mass is 242 g/mol. The van der Waals surface area contributed by atoms with Gasteiger partial charge in [0.2, 0.25) is 0 Å². The zero-order chi connectivity index (χ0) is 12.5. The van der Waals surface area contributed by atoms with Crippen molar-refractivity contribution >= 4 is 11.5 Å². The summed E-state index contributed by atoms with van der Waals surface area (Å²) >= 11 is 0. The summed E-state index contributed by atoms with van der Waals surface area (Å²) in [5, 5.41) is 6.34. The van der Waals surface area contributed by atoms with Gasteiger partial charge in [0.1, 0.15) is 5.69 Å². The molecule has 0 saturated heterocycles. The minimum atomic E-state index is -0.404. The Labute approximate surface area is 104 Å². The molecular formula is C13H14N4O. The number of rotatable bonds is 1. The van der Waals surface area contributed by atoms with Crippen LogP contribution >= 0.6 is 0 Å². The molecule has 2 heterocycles. The predicted molar refractivity (Wildman–Crippen MR) is 69.2 cm³/mol. The number of nitrogens with zero attached hydrogens (tertiary/aromatic N) is 3. The molecule has 0 radical (unpaired) electrons. The Morgan fingerprint density at radius 2 is 2.17 bits per heavy atom. The summed E-state index contributed by atoms with van der Waals surface area (Å²) in [6, 6.07) is 8.24. The molecule has 5 heteroatoms. The van der Waals surface area contributed by atoms with E-state index < -0.39 is 5.69 Å². The smallest absolute Gasteiger partial charge is 0.324 e. The quantitative estimate of drug-likeness (QED) is 0.824. The lowest BCUT2D eigenvalue weighted by atomic mass is 10.0. The number of fused-ring (bicyclic) bond motifs is 1. The molecule has 2 aromatic rings. The molecular weight excluding hydrogens is 228 g/mol. The second kappa shape index (κ2) is 4.25. The third-order valence-electron chi connectivity index (χ3n) is 3.22. The van der Waals surface area contributed by atoms with E-state index in [2.05, 4.69) is 32.2 Å². The first-order valence-electron chi connectivity index (χ1n) is 6.04. The van der Waals surface area contributed by atoms with E-state index in [9.17, 15) is 4.79 Å². The lowest BCUT2D eigenvalue weighted by Gasteiger charge is -2.30. The van der Waals surface area contributed by atoms with Crippen LogP contribution in [0.2, 0.25) is 0 Å². The first-order valence-corrected chi connectivity index (χ1v) is 6.04. The van der Waals surface area contributed by atoms with E-state index in [1.165, 1.54) is 5.56 Å². The molecule has 0 spiro atoms. The van der Waals surface area contributed by atoms with Crippen LogP contribution < -0.4 is 10.6 Å². The molecule has 1 aromatic carbocycles. The van der Waals surface area contributed by atoms with Gasteiger partial charge in [-0.1, -0.05) is 18.2 Å². The molecule has 0 unspecified atom stereocenters. The summed E-state index contributed by atoms with van der Waals surface area (Å²) in [5.41, 5.74) is 2.77. The molecule has 1 N–H and O–H groups in total. The molecule has 1 aromatic heterocycles. The van der Waals surface area contributed by atoms with E-state index >= 15 is 0 Å². The highest BCUT2D eigenvalue weighted by Gasteiger charge is 2.20. The topological polar surface area (TPSA) is 61.9 Å². The number of aromatic amines is 1. The number of hydrogen-bond acceptors (Lipinski definition) is 4. The summed E-state index contributed by atoms with van der Waals surface area (Å²) in [7, 11) is 0. The Kier molecular flexibility index (Phi) is 2.59. The van der Waals surface area contributed by atoms with Gasteiger partial charge in [-0.2, -0.15) is 10.1 Å². The lowest BCUT2D eigenvalue weighted by Crippen LogP contribution is -2.29. The third kappa shape index (κ3) is 1.77. The maximum atomic E-state index is 11.3. The molecule has 1 aliphatic rings. The lowest BCUT2D eigenvalue weighted by molar-refractivity contribution is 0.743. The molecule has 0 bridgehead atoms. The van der Waals surface area contributed by atoms with Gasteiger partial charge in [0, 0.05) is 12.2 Å². The van der Waals surface area contributed by atoms with Crippen molar-refractivity contribution in [2.45, 2.75) is 19.8 Å². The zero-order valence-corrected chi connectivity index (χ0v) is 10.2. The van der Waals surface area contributed by atoms with Crippen LogP contribution in [0.5, 0.6) is 0 Å². The van der Waals surface area contributed by atoms with Gasteiger partial charge in [-0.15, -0.1) is 0 Å². The van der Waals surface area contributed by atoms with Crippen LogP contribution in [-0.2, 0) is 6.42 Å². The van der Waals surface area contributed by atoms with Gasteiger partial charge >= 0.3 is 5.69 Å². The average molecular weight is 242 g/mol. The summed E-state index contributed by atoms with van der Waals surface area (Å²) in [5.74, 6) is 0.658. The van der Waals surface area contributed by atoms with Crippen molar-refractivity contribution in [2.24, 2.45) is 0 Å². The Morgan fingerprint density at radius 3 is 3.06 bits per heavy atom. The van der Waals surface area contributed by atoms with Crippen molar-refractivity contribution in [3.8, 4) is 0 Å². The maximum absolute atomic E-state index is 11.3. The van der Waals surface area contributed by atoms with Gasteiger partial charge in [0.25, 0.3) is 0 Å². The second-order valence-corrected chi connectivity index (χ2v) is 4.43. The number of para-hydroxylation sites is 1. The van der Waals surface area contributed by atoms with Crippen molar-refractivity contribution in [1.82, 2.24) is 15.2 Å². The van der Waals surface area contributed by atoms with Crippen molar-refractivity contribution in [2.75, 3.05) is 11.4 Å². The Hall–Kier alpha value is -2.17. The zero-order valence-electron chi connectivity index (χ0n) is 10.2. The summed E-state index contributed by atoms with van der Waals surface area (Å²) in [4.78, 5) is 17.5. The number of hydrogen-bond donors (Lipinski definition) is 1. The molecule has 92 valence electrons. The Balaban J connectivity index is 2.14. The SMILES string of the molecule is Cc1n[nH]c(=O)nc1N1CCCc2ccccc21. The van der Waals surface area contributed by atoms with E-state index in [0.717, 1.165) is 30.8 Å². The minimum absolute atomic E-state index is 0.404. The Bertz CT molecular complexity index is 635. The number of benzene rings is 1. The van der Waals surface area contributed by atoms with E-state index in [4.69, 9.17) is 0 Å². The van der Waals surface area contributed by atoms with Crippen LogP contribution in [0, 0.1) is 6.92 Å². The standard InChI is InChI=1S/C13H14N4O/c1-9-12(14-13(18)16-15-9)17-8-4-6-10-5-2-3-7-11(10)17/h2-3,5,7H,4,6,8H2,1H3,(H,14,16,18). The first-order chi connectivity index (χ1) is 8.75. The van der Waals surface area contributed by atoms with Crippen molar-refractivity contribution in [1.29, 1.82) is 0 Å². The van der Waals surface area contributed by atoms with E-state index in [1.54, 1.807) is 0 Å². The average Bonchev–Trinajstić information content (AvgIpc) is 2.41. The van der Waals surface area contributed by atoms with Crippen LogP contribution in [-0.4, -0.2) is 21.7 Å². The molecule has 1 aliphatic heterocycles. The van der Waals surface area contributed by atoms with Crippen molar-refractivity contribution < 1.29 is 0 Å². The van der Waals surface area contributed by atoms with Crippen LogP contribution in [0.15, 0.2) is 29.1 Å². The first kappa shape index (κ1) is 11.0. The number of aryl methyl sites for hydroxylation is 2. The van der Waals surface area contributed by atoms with E-state index in [-0.39, 0.29) is 0 Å². The molecule has 0 atom stereocenters.